The van der Waals surface area contributed by atoms with Crippen LogP contribution in [0.1, 0.15) is 18.9 Å². The van der Waals surface area contributed by atoms with E-state index >= 15 is 0 Å². The van der Waals surface area contributed by atoms with E-state index in [0.29, 0.717) is 13.2 Å². The van der Waals surface area contributed by atoms with Gasteiger partial charge in [-0.25, -0.2) is 4.79 Å². The standard InChI is InChI=1S/C12H15IO3/c1-2-15-12(14)16-9-3-4-10-5-7-11(13)8-6-10/h5-8H,2-4,9H2,1H3. The van der Waals surface area contributed by atoms with Crippen molar-refractivity contribution in [2.45, 2.75) is 19.8 Å². The van der Waals surface area contributed by atoms with Crippen molar-refractivity contribution in [1.82, 2.24) is 0 Å². The quantitative estimate of drug-likeness (QED) is 0.470. The smallest absolute Gasteiger partial charge is 0.435 e. The van der Waals surface area contributed by atoms with Gasteiger partial charge >= 0.3 is 6.16 Å². The first kappa shape index (κ1) is 13.3. The van der Waals surface area contributed by atoms with Gasteiger partial charge < -0.3 is 9.47 Å². The lowest BCUT2D eigenvalue weighted by Gasteiger charge is -2.04. The molecule has 0 fully saturated rings. The summed E-state index contributed by atoms with van der Waals surface area (Å²) in [6.45, 7) is 2.52. The minimum atomic E-state index is -0.579. The molecule has 4 heteroatoms. The van der Waals surface area contributed by atoms with E-state index in [2.05, 4.69) is 51.6 Å². The highest BCUT2D eigenvalue weighted by Crippen LogP contribution is 2.08. The van der Waals surface area contributed by atoms with Gasteiger partial charge in [-0.3, -0.25) is 0 Å². The summed E-state index contributed by atoms with van der Waals surface area (Å²) >= 11 is 2.27. The normalized spacial score (nSPS) is 9.88. The molecule has 0 unspecified atom stereocenters. The van der Waals surface area contributed by atoms with Crippen molar-refractivity contribution >= 4 is 28.7 Å². The lowest BCUT2D eigenvalue weighted by atomic mass is 10.1. The Morgan fingerprint density at radius 2 is 1.94 bits per heavy atom. The van der Waals surface area contributed by atoms with E-state index < -0.39 is 6.16 Å². The summed E-state index contributed by atoms with van der Waals surface area (Å²) in [4.78, 5) is 10.9. The molecule has 0 N–H and O–H groups in total. The summed E-state index contributed by atoms with van der Waals surface area (Å²) in [6.07, 6.45) is 1.15. The van der Waals surface area contributed by atoms with Gasteiger partial charge in [0.2, 0.25) is 0 Å². The molecule has 0 saturated carbocycles. The molecule has 0 aromatic heterocycles. The molecule has 1 aromatic carbocycles. The zero-order chi connectivity index (χ0) is 11.8. The van der Waals surface area contributed by atoms with Gasteiger partial charge in [0.1, 0.15) is 0 Å². The Hall–Kier alpha value is -0.780. The van der Waals surface area contributed by atoms with Gasteiger partial charge in [-0.05, 0) is 60.1 Å². The third-order valence-corrected chi connectivity index (χ3v) is 2.72. The molecule has 1 rings (SSSR count). The van der Waals surface area contributed by atoms with Crippen molar-refractivity contribution in [3.05, 3.63) is 33.4 Å². The van der Waals surface area contributed by atoms with Crippen molar-refractivity contribution in [3.8, 4) is 0 Å². The van der Waals surface area contributed by atoms with Crippen LogP contribution in [0.15, 0.2) is 24.3 Å². The molecule has 0 aliphatic heterocycles. The van der Waals surface area contributed by atoms with Gasteiger partial charge in [0.25, 0.3) is 0 Å². The average Bonchev–Trinajstić information content (AvgIpc) is 2.27. The highest BCUT2D eigenvalue weighted by molar-refractivity contribution is 14.1. The first-order valence-corrected chi connectivity index (χ1v) is 6.34. The monoisotopic (exact) mass is 334 g/mol. The number of rotatable bonds is 5. The summed E-state index contributed by atoms with van der Waals surface area (Å²) in [6, 6.07) is 8.32. The van der Waals surface area contributed by atoms with Gasteiger partial charge in [0, 0.05) is 3.57 Å². The van der Waals surface area contributed by atoms with Gasteiger partial charge in [-0.1, -0.05) is 12.1 Å². The van der Waals surface area contributed by atoms with Crippen molar-refractivity contribution < 1.29 is 14.3 Å². The van der Waals surface area contributed by atoms with Crippen LogP contribution in [-0.4, -0.2) is 19.4 Å². The minimum Gasteiger partial charge on any atom is -0.435 e. The number of benzene rings is 1. The Balaban J connectivity index is 2.16. The number of hydrogen-bond donors (Lipinski definition) is 0. The number of halogens is 1. The summed E-state index contributed by atoms with van der Waals surface area (Å²) in [7, 11) is 0. The molecule has 1 aromatic rings. The highest BCUT2D eigenvalue weighted by atomic mass is 127. The van der Waals surface area contributed by atoms with Crippen LogP contribution in [0.4, 0.5) is 4.79 Å². The molecule has 0 amide bonds. The number of carbonyl (C=O) groups excluding carboxylic acids is 1. The second kappa shape index (κ2) is 7.49. The molecule has 0 aliphatic carbocycles. The molecular formula is C12H15IO3. The van der Waals surface area contributed by atoms with E-state index in [1.54, 1.807) is 6.92 Å². The van der Waals surface area contributed by atoms with Gasteiger partial charge in [0.05, 0.1) is 13.2 Å². The van der Waals surface area contributed by atoms with E-state index in [9.17, 15) is 4.79 Å². The fourth-order valence-electron chi connectivity index (χ4n) is 1.24. The minimum absolute atomic E-state index is 0.357. The Morgan fingerprint density at radius 3 is 2.56 bits per heavy atom. The maximum atomic E-state index is 10.9. The highest BCUT2D eigenvalue weighted by Gasteiger charge is 2.01. The molecule has 0 bridgehead atoms. The van der Waals surface area contributed by atoms with Crippen LogP contribution < -0.4 is 0 Å². The van der Waals surface area contributed by atoms with E-state index in [4.69, 9.17) is 4.74 Å². The predicted molar refractivity (Wildman–Crippen MR) is 70.5 cm³/mol. The molecule has 3 nitrogen and oxygen atoms in total. The van der Waals surface area contributed by atoms with Crippen LogP contribution in [0.5, 0.6) is 0 Å². The second-order valence-electron chi connectivity index (χ2n) is 3.26. The molecule has 0 saturated heterocycles. The lowest BCUT2D eigenvalue weighted by molar-refractivity contribution is 0.0584. The fourth-order valence-corrected chi connectivity index (χ4v) is 1.60. The third kappa shape index (κ3) is 5.34. The molecule has 88 valence electrons. The van der Waals surface area contributed by atoms with Crippen LogP contribution in [0.3, 0.4) is 0 Å². The summed E-state index contributed by atoms with van der Waals surface area (Å²) < 4.78 is 10.7. The maximum Gasteiger partial charge on any atom is 0.508 e. The van der Waals surface area contributed by atoms with Crippen molar-refractivity contribution in [1.29, 1.82) is 0 Å². The first-order chi connectivity index (χ1) is 7.72. The molecule has 0 spiro atoms. The zero-order valence-corrected chi connectivity index (χ0v) is 11.4. The Kier molecular flexibility index (Phi) is 6.22. The van der Waals surface area contributed by atoms with Crippen LogP contribution in [0.2, 0.25) is 0 Å². The average molecular weight is 334 g/mol. The van der Waals surface area contributed by atoms with E-state index in [1.165, 1.54) is 9.13 Å². The number of ether oxygens (including phenoxy) is 2. The summed E-state index contributed by atoms with van der Waals surface area (Å²) in [5.41, 5.74) is 1.26. The van der Waals surface area contributed by atoms with Crippen molar-refractivity contribution in [3.63, 3.8) is 0 Å². The SMILES string of the molecule is CCOC(=O)OCCCc1ccc(I)cc1. The number of carbonyl (C=O) groups is 1. The molecule has 0 radical (unpaired) electrons. The molecule has 0 aliphatic rings. The number of hydrogen-bond acceptors (Lipinski definition) is 3. The molecule has 0 atom stereocenters. The third-order valence-electron chi connectivity index (χ3n) is 2.01. The van der Waals surface area contributed by atoms with Crippen LogP contribution in [0.25, 0.3) is 0 Å². The summed E-state index contributed by atoms with van der Waals surface area (Å²) in [5, 5.41) is 0. The molecule has 16 heavy (non-hydrogen) atoms. The van der Waals surface area contributed by atoms with Crippen molar-refractivity contribution in [2.75, 3.05) is 13.2 Å². The fraction of sp³-hybridized carbons (Fsp3) is 0.417. The second-order valence-corrected chi connectivity index (χ2v) is 4.51. The summed E-state index contributed by atoms with van der Waals surface area (Å²) in [5.74, 6) is 0. The van der Waals surface area contributed by atoms with E-state index in [-0.39, 0.29) is 0 Å². The largest absolute Gasteiger partial charge is 0.508 e. The van der Waals surface area contributed by atoms with Crippen LogP contribution in [-0.2, 0) is 15.9 Å². The lowest BCUT2D eigenvalue weighted by Crippen LogP contribution is -2.08. The van der Waals surface area contributed by atoms with Gasteiger partial charge in [-0.15, -0.1) is 0 Å². The van der Waals surface area contributed by atoms with E-state index in [0.717, 1.165) is 12.8 Å². The van der Waals surface area contributed by atoms with Gasteiger partial charge in [0.15, 0.2) is 0 Å². The zero-order valence-electron chi connectivity index (χ0n) is 9.24. The topological polar surface area (TPSA) is 35.5 Å². The Labute approximate surface area is 109 Å². The van der Waals surface area contributed by atoms with Crippen LogP contribution in [0, 0.1) is 3.57 Å². The van der Waals surface area contributed by atoms with Crippen LogP contribution >= 0.6 is 22.6 Å². The van der Waals surface area contributed by atoms with E-state index in [1.807, 2.05) is 0 Å². The Morgan fingerprint density at radius 1 is 1.25 bits per heavy atom. The van der Waals surface area contributed by atoms with Gasteiger partial charge in [-0.2, -0.15) is 0 Å². The van der Waals surface area contributed by atoms with Crippen molar-refractivity contribution in [2.24, 2.45) is 0 Å². The maximum absolute atomic E-state index is 10.9. The predicted octanol–water partition coefficient (Wildman–Crippen LogP) is 3.40. The first-order valence-electron chi connectivity index (χ1n) is 5.26. The Bertz CT molecular complexity index is 322. The number of aryl methyl sites for hydroxylation is 1. The molecular weight excluding hydrogens is 319 g/mol. The molecule has 0 heterocycles.